The van der Waals surface area contributed by atoms with E-state index in [0.717, 1.165) is 31.2 Å². The SMILES string of the molecule is Cc1cscc1C(=O)NCC1CCCCC1C(=O)O. The molecule has 2 unspecified atom stereocenters. The van der Waals surface area contributed by atoms with Crippen LogP contribution in [0.5, 0.6) is 0 Å². The summed E-state index contributed by atoms with van der Waals surface area (Å²) in [5.74, 6) is -1.06. The third-order valence-electron chi connectivity index (χ3n) is 3.85. The number of aliphatic carboxylic acids is 1. The van der Waals surface area contributed by atoms with Crippen molar-refractivity contribution in [1.29, 1.82) is 0 Å². The van der Waals surface area contributed by atoms with Gasteiger partial charge in [-0.25, -0.2) is 0 Å². The monoisotopic (exact) mass is 281 g/mol. The van der Waals surface area contributed by atoms with Gasteiger partial charge in [-0.15, -0.1) is 0 Å². The molecule has 1 saturated carbocycles. The molecule has 0 aliphatic heterocycles. The summed E-state index contributed by atoms with van der Waals surface area (Å²) < 4.78 is 0. The maximum absolute atomic E-state index is 12.0. The van der Waals surface area contributed by atoms with E-state index >= 15 is 0 Å². The Kier molecular flexibility index (Phi) is 4.58. The summed E-state index contributed by atoms with van der Waals surface area (Å²) in [5.41, 5.74) is 1.67. The first-order valence-corrected chi connectivity index (χ1v) is 7.57. The molecule has 2 rings (SSSR count). The third-order valence-corrected chi connectivity index (χ3v) is 4.71. The topological polar surface area (TPSA) is 66.4 Å². The largest absolute Gasteiger partial charge is 0.481 e. The number of hydrogen-bond donors (Lipinski definition) is 2. The number of carboxylic acids is 1. The second kappa shape index (κ2) is 6.19. The van der Waals surface area contributed by atoms with Gasteiger partial charge in [0.15, 0.2) is 0 Å². The Morgan fingerprint density at radius 2 is 2.11 bits per heavy atom. The van der Waals surface area contributed by atoms with Crippen LogP contribution >= 0.6 is 11.3 Å². The molecule has 0 saturated heterocycles. The zero-order chi connectivity index (χ0) is 13.8. The molecule has 1 fully saturated rings. The molecular formula is C14H19NO3S. The highest BCUT2D eigenvalue weighted by Crippen LogP contribution is 2.29. The van der Waals surface area contributed by atoms with Gasteiger partial charge in [0.05, 0.1) is 11.5 Å². The second-order valence-corrected chi connectivity index (χ2v) is 5.91. The van der Waals surface area contributed by atoms with Crippen molar-refractivity contribution >= 4 is 23.2 Å². The highest BCUT2D eigenvalue weighted by Gasteiger charge is 2.30. The van der Waals surface area contributed by atoms with Gasteiger partial charge in [-0.2, -0.15) is 11.3 Å². The van der Waals surface area contributed by atoms with Crippen LogP contribution in [0.3, 0.4) is 0 Å². The van der Waals surface area contributed by atoms with Gasteiger partial charge in [0.25, 0.3) is 5.91 Å². The molecule has 1 aromatic heterocycles. The van der Waals surface area contributed by atoms with E-state index in [0.29, 0.717) is 12.1 Å². The van der Waals surface area contributed by atoms with E-state index in [1.54, 1.807) is 0 Å². The normalized spacial score (nSPS) is 23.0. The minimum atomic E-state index is -0.731. The predicted octanol–water partition coefficient (Wildman–Crippen LogP) is 2.68. The summed E-state index contributed by atoms with van der Waals surface area (Å²) >= 11 is 1.51. The van der Waals surface area contributed by atoms with E-state index in [1.807, 2.05) is 17.7 Å². The Balaban J connectivity index is 1.92. The number of carboxylic acid groups (broad SMARTS) is 1. The van der Waals surface area contributed by atoms with Crippen molar-refractivity contribution < 1.29 is 14.7 Å². The van der Waals surface area contributed by atoms with E-state index in [-0.39, 0.29) is 17.7 Å². The number of rotatable bonds is 4. The highest BCUT2D eigenvalue weighted by atomic mass is 32.1. The maximum atomic E-state index is 12.0. The lowest BCUT2D eigenvalue weighted by molar-refractivity contribution is -0.144. The summed E-state index contributed by atoms with van der Waals surface area (Å²) in [6.07, 6.45) is 3.65. The summed E-state index contributed by atoms with van der Waals surface area (Å²) in [7, 11) is 0. The van der Waals surface area contributed by atoms with Crippen LogP contribution in [-0.2, 0) is 4.79 Å². The molecule has 1 amide bonds. The molecule has 104 valence electrons. The van der Waals surface area contributed by atoms with E-state index in [2.05, 4.69) is 5.32 Å². The van der Waals surface area contributed by atoms with Gasteiger partial charge in [0, 0.05) is 11.9 Å². The molecule has 1 aromatic rings. The molecular weight excluding hydrogens is 262 g/mol. The van der Waals surface area contributed by atoms with Gasteiger partial charge in [0.1, 0.15) is 0 Å². The summed E-state index contributed by atoms with van der Waals surface area (Å²) in [5, 5.41) is 15.8. The quantitative estimate of drug-likeness (QED) is 0.891. The van der Waals surface area contributed by atoms with Crippen LogP contribution in [0.2, 0.25) is 0 Å². The molecule has 0 radical (unpaired) electrons. The van der Waals surface area contributed by atoms with Crippen LogP contribution in [0.15, 0.2) is 10.8 Å². The summed E-state index contributed by atoms with van der Waals surface area (Å²) in [6, 6.07) is 0. The number of nitrogens with one attached hydrogen (secondary N) is 1. The van der Waals surface area contributed by atoms with Crippen LogP contribution in [0.1, 0.15) is 41.6 Å². The van der Waals surface area contributed by atoms with Crippen LogP contribution in [0.25, 0.3) is 0 Å². The minimum Gasteiger partial charge on any atom is -0.481 e. The van der Waals surface area contributed by atoms with Gasteiger partial charge >= 0.3 is 5.97 Å². The first-order valence-electron chi connectivity index (χ1n) is 6.63. The molecule has 2 N–H and O–H groups in total. The number of carbonyl (C=O) groups excluding carboxylic acids is 1. The first-order chi connectivity index (χ1) is 9.09. The average Bonchev–Trinajstić information content (AvgIpc) is 2.82. The molecule has 0 bridgehead atoms. The van der Waals surface area contributed by atoms with Gasteiger partial charge in [0.2, 0.25) is 0 Å². The Bertz CT molecular complexity index is 469. The maximum Gasteiger partial charge on any atom is 0.306 e. The molecule has 2 atom stereocenters. The van der Waals surface area contributed by atoms with Crippen LogP contribution in [0.4, 0.5) is 0 Å². The second-order valence-electron chi connectivity index (χ2n) is 5.17. The number of carbonyl (C=O) groups is 2. The Hall–Kier alpha value is -1.36. The fraction of sp³-hybridized carbons (Fsp3) is 0.571. The minimum absolute atomic E-state index is 0.0640. The van der Waals surface area contributed by atoms with Crippen molar-refractivity contribution in [3.05, 3.63) is 21.9 Å². The van der Waals surface area contributed by atoms with E-state index in [9.17, 15) is 14.7 Å². The lowest BCUT2D eigenvalue weighted by atomic mass is 9.79. The van der Waals surface area contributed by atoms with Gasteiger partial charge in [-0.05, 0) is 36.6 Å². The van der Waals surface area contributed by atoms with Gasteiger partial charge < -0.3 is 10.4 Å². The van der Waals surface area contributed by atoms with Crippen molar-refractivity contribution in [1.82, 2.24) is 5.32 Å². The lowest BCUT2D eigenvalue weighted by Gasteiger charge is -2.28. The van der Waals surface area contributed by atoms with Crippen molar-refractivity contribution in [2.24, 2.45) is 11.8 Å². The Morgan fingerprint density at radius 1 is 1.37 bits per heavy atom. The molecule has 4 nitrogen and oxygen atoms in total. The fourth-order valence-electron chi connectivity index (χ4n) is 2.69. The molecule has 1 heterocycles. The fourth-order valence-corrected chi connectivity index (χ4v) is 3.52. The Morgan fingerprint density at radius 3 is 2.74 bits per heavy atom. The van der Waals surface area contributed by atoms with E-state index in [1.165, 1.54) is 11.3 Å². The first kappa shape index (κ1) is 14.1. The molecule has 1 aliphatic carbocycles. The van der Waals surface area contributed by atoms with Gasteiger partial charge in [-0.3, -0.25) is 9.59 Å². The molecule has 1 aliphatic rings. The predicted molar refractivity (Wildman–Crippen MR) is 74.5 cm³/mol. The number of aryl methyl sites for hydroxylation is 1. The van der Waals surface area contributed by atoms with Crippen molar-refractivity contribution in [3.63, 3.8) is 0 Å². The lowest BCUT2D eigenvalue weighted by Crippen LogP contribution is -2.37. The number of hydrogen-bond acceptors (Lipinski definition) is 3. The van der Waals surface area contributed by atoms with Crippen LogP contribution < -0.4 is 5.32 Å². The van der Waals surface area contributed by atoms with E-state index in [4.69, 9.17) is 0 Å². The molecule has 5 heteroatoms. The summed E-state index contributed by atoms with van der Waals surface area (Å²) in [4.78, 5) is 23.2. The van der Waals surface area contributed by atoms with Crippen molar-refractivity contribution in [3.8, 4) is 0 Å². The summed E-state index contributed by atoms with van der Waals surface area (Å²) in [6.45, 7) is 2.37. The van der Waals surface area contributed by atoms with Crippen LogP contribution in [0, 0.1) is 18.8 Å². The standard InChI is InChI=1S/C14H19NO3S/c1-9-7-19-8-12(9)13(16)15-6-10-4-2-3-5-11(10)14(17)18/h7-8,10-11H,2-6H2,1H3,(H,15,16)(H,17,18). The third kappa shape index (κ3) is 3.35. The van der Waals surface area contributed by atoms with Crippen molar-refractivity contribution in [2.45, 2.75) is 32.6 Å². The zero-order valence-corrected chi connectivity index (χ0v) is 11.8. The highest BCUT2D eigenvalue weighted by molar-refractivity contribution is 7.08. The zero-order valence-electron chi connectivity index (χ0n) is 11.0. The van der Waals surface area contributed by atoms with Crippen molar-refractivity contribution in [2.75, 3.05) is 6.54 Å². The van der Waals surface area contributed by atoms with E-state index < -0.39 is 5.97 Å². The molecule has 0 aromatic carbocycles. The Labute approximate surface area is 116 Å². The van der Waals surface area contributed by atoms with Crippen LogP contribution in [-0.4, -0.2) is 23.5 Å². The molecule has 19 heavy (non-hydrogen) atoms. The average molecular weight is 281 g/mol. The number of thiophene rings is 1. The van der Waals surface area contributed by atoms with Gasteiger partial charge in [-0.1, -0.05) is 12.8 Å². The molecule has 0 spiro atoms. The smallest absolute Gasteiger partial charge is 0.306 e. The number of amides is 1.